The summed E-state index contributed by atoms with van der Waals surface area (Å²) in [6.07, 6.45) is 2.34. The highest BCUT2D eigenvalue weighted by Gasteiger charge is 2.33. The Balaban J connectivity index is 1.68. The van der Waals surface area contributed by atoms with Gasteiger partial charge in [-0.15, -0.1) is 0 Å². The second-order valence-electron chi connectivity index (χ2n) is 4.96. The fourth-order valence-electron chi connectivity index (χ4n) is 2.83. The minimum Gasteiger partial charge on any atom is -0.391 e. The monoisotopic (exact) mass is 252 g/mol. The summed E-state index contributed by atoms with van der Waals surface area (Å²) < 4.78 is 5.37. The van der Waals surface area contributed by atoms with Crippen molar-refractivity contribution in [2.24, 2.45) is 0 Å². The summed E-state index contributed by atoms with van der Waals surface area (Å²) in [6, 6.07) is 2.18. The normalized spacial score (nSPS) is 30.6. The first kappa shape index (κ1) is 12.0. The van der Waals surface area contributed by atoms with Crippen LogP contribution in [0.1, 0.15) is 6.42 Å². The van der Waals surface area contributed by atoms with E-state index >= 15 is 0 Å². The molecule has 2 atom stereocenters. The van der Waals surface area contributed by atoms with E-state index in [4.69, 9.17) is 4.74 Å². The van der Waals surface area contributed by atoms with E-state index < -0.39 is 0 Å². The molecule has 0 spiro atoms. The van der Waals surface area contributed by atoms with Gasteiger partial charge in [-0.3, -0.25) is 10.00 Å². The van der Waals surface area contributed by atoms with Gasteiger partial charge in [0.15, 0.2) is 0 Å². The standard InChI is InChI=1S/C12H20N4O2/c17-11-2-4-16(12-1-3-13-14-12)9-10(11)15-5-7-18-8-6-15/h1,3,10-11,17H,2,4-9H2,(H,13,14)/t10-,11+/m1/s1. The second kappa shape index (κ2) is 5.26. The third-order valence-corrected chi connectivity index (χ3v) is 3.89. The Morgan fingerprint density at radius 3 is 2.89 bits per heavy atom. The van der Waals surface area contributed by atoms with Crippen LogP contribution in [-0.4, -0.2) is 71.7 Å². The maximum Gasteiger partial charge on any atom is 0.124 e. The minimum absolute atomic E-state index is 0.200. The lowest BCUT2D eigenvalue weighted by atomic mass is 10.00. The molecule has 0 aromatic carbocycles. The van der Waals surface area contributed by atoms with Crippen LogP contribution in [0.2, 0.25) is 0 Å². The SMILES string of the molecule is O[C@H]1CCN(c2ccn[nH]2)C[C@H]1N1CCOCC1. The smallest absolute Gasteiger partial charge is 0.124 e. The number of H-pyrrole nitrogens is 1. The molecule has 0 bridgehead atoms. The van der Waals surface area contributed by atoms with Crippen molar-refractivity contribution in [1.82, 2.24) is 15.1 Å². The van der Waals surface area contributed by atoms with E-state index in [1.807, 2.05) is 6.07 Å². The predicted octanol–water partition coefficient (Wildman–Crippen LogP) is -0.318. The second-order valence-corrected chi connectivity index (χ2v) is 4.96. The zero-order chi connectivity index (χ0) is 12.4. The fourth-order valence-corrected chi connectivity index (χ4v) is 2.83. The van der Waals surface area contributed by atoms with Gasteiger partial charge in [-0.1, -0.05) is 0 Å². The van der Waals surface area contributed by atoms with Crippen LogP contribution in [0.5, 0.6) is 0 Å². The lowest BCUT2D eigenvalue weighted by Gasteiger charge is -2.43. The predicted molar refractivity (Wildman–Crippen MR) is 67.6 cm³/mol. The highest BCUT2D eigenvalue weighted by Crippen LogP contribution is 2.21. The number of hydrogen-bond acceptors (Lipinski definition) is 5. The number of ether oxygens (including phenoxy) is 1. The van der Waals surface area contributed by atoms with Crippen molar-refractivity contribution in [2.45, 2.75) is 18.6 Å². The number of morpholine rings is 1. The minimum atomic E-state index is -0.234. The van der Waals surface area contributed by atoms with Gasteiger partial charge in [-0.05, 0) is 6.42 Å². The Morgan fingerprint density at radius 1 is 1.33 bits per heavy atom. The summed E-state index contributed by atoms with van der Waals surface area (Å²) in [5.41, 5.74) is 0. The van der Waals surface area contributed by atoms with Crippen LogP contribution in [0, 0.1) is 0 Å². The average Bonchev–Trinajstić information content (AvgIpc) is 2.94. The van der Waals surface area contributed by atoms with E-state index in [0.717, 1.165) is 51.6 Å². The topological polar surface area (TPSA) is 64.6 Å². The van der Waals surface area contributed by atoms with Gasteiger partial charge in [-0.25, -0.2) is 0 Å². The molecule has 2 N–H and O–H groups in total. The third-order valence-electron chi connectivity index (χ3n) is 3.89. The largest absolute Gasteiger partial charge is 0.391 e. The molecule has 6 heteroatoms. The van der Waals surface area contributed by atoms with Crippen LogP contribution in [0.3, 0.4) is 0 Å². The molecule has 2 aliphatic heterocycles. The van der Waals surface area contributed by atoms with Gasteiger partial charge in [0.2, 0.25) is 0 Å². The van der Waals surface area contributed by atoms with Gasteiger partial charge in [0, 0.05) is 32.2 Å². The zero-order valence-electron chi connectivity index (χ0n) is 10.5. The number of aromatic amines is 1. The Hall–Kier alpha value is -1.11. The van der Waals surface area contributed by atoms with E-state index in [1.165, 1.54) is 0 Å². The lowest BCUT2D eigenvalue weighted by Crippen LogP contribution is -2.57. The first-order valence-corrected chi connectivity index (χ1v) is 6.59. The molecule has 2 aliphatic rings. The van der Waals surface area contributed by atoms with Crippen molar-refractivity contribution in [1.29, 1.82) is 0 Å². The van der Waals surface area contributed by atoms with Crippen LogP contribution >= 0.6 is 0 Å². The van der Waals surface area contributed by atoms with Crippen molar-refractivity contribution in [3.63, 3.8) is 0 Å². The quantitative estimate of drug-likeness (QED) is 0.755. The van der Waals surface area contributed by atoms with E-state index in [0.29, 0.717) is 0 Å². The Morgan fingerprint density at radius 2 is 2.17 bits per heavy atom. The molecule has 0 unspecified atom stereocenters. The molecule has 3 heterocycles. The molecule has 3 rings (SSSR count). The van der Waals surface area contributed by atoms with Crippen molar-refractivity contribution >= 4 is 5.82 Å². The number of aliphatic hydroxyl groups excluding tert-OH is 1. The molecule has 6 nitrogen and oxygen atoms in total. The van der Waals surface area contributed by atoms with Crippen LogP contribution in [0.25, 0.3) is 0 Å². The number of aliphatic hydroxyl groups is 1. The van der Waals surface area contributed by atoms with Crippen LogP contribution in [0.4, 0.5) is 5.82 Å². The number of rotatable bonds is 2. The van der Waals surface area contributed by atoms with Gasteiger partial charge in [0.25, 0.3) is 0 Å². The molecule has 18 heavy (non-hydrogen) atoms. The molecular weight excluding hydrogens is 232 g/mol. The number of nitrogens with zero attached hydrogens (tertiary/aromatic N) is 3. The molecule has 0 saturated carbocycles. The molecule has 0 amide bonds. The number of anilines is 1. The summed E-state index contributed by atoms with van der Waals surface area (Å²) in [7, 11) is 0. The Labute approximate surface area is 107 Å². The highest BCUT2D eigenvalue weighted by molar-refractivity contribution is 5.37. The van der Waals surface area contributed by atoms with E-state index in [-0.39, 0.29) is 12.1 Å². The van der Waals surface area contributed by atoms with E-state index in [2.05, 4.69) is 20.0 Å². The summed E-state index contributed by atoms with van der Waals surface area (Å²) in [5.74, 6) is 1.04. The molecule has 2 fully saturated rings. The number of nitrogens with one attached hydrogen (secondary N) is 1. The summed E-state index contributed by atoms with van der Waals surface area (Å²) >= 11 is 0. The van der Waals surface area contributed by atoms with Gasteiger partial charge >= 0.3 is 0 Å². The van der Waals surface area contributed by atoms with Gasteiger partial charge in [0.05, 0.1) is 31.6 Å². The van der Waals surface area contributed by atoms with Crippen LogP contribution < -0.4 is 4.90 Å². The molecule has 0 radical (unpaired) electrons. The highest BCUT2D eigenvalue weighted by atomic mass is 16.5. The molecule has 0 aliphatic carbocycles. The average molecular weight is 252 g/mol. The van der Waals surface area contributed by atoms with Crippen molar-refractivity contribution in [2.75, 3.05) is 44.3 Å². The maximum atomic E-state index is 10.2. The zero-order valence-corrected chi connectivity index (χ0v) is 10.5. The molecule has 2 saturated heterocycles. The molecule has 1 aromatic rings. The number of aromatic nitrogens is 2. The summed E-state index contributed by atoms with van der Waals surface area (Å²) in [6.45, 7) is 5.10. The summed E-state index contributed by atoms with van der Waals surface area (Å²) in [5, 5.41) is 17.2. The number of hydrogen-bond donors (Lipinski definition) is 2. The third kappa shape index (κ3) is 2.36. The number of piperidine rings is 1. The van der Waals surface area contributed by atoms with Crippen molar-refractivity contribution in [3.8, 4) is 0 Å². The molecular formula is C12H20N4O2. The van der Waals surface area contributed by atoms with E-state index in [9.17, 15) is 5.11 Å². The van der Waals surface area contributed by atoms with Crippen LogP contribution in [0.15, 0.2) is 12.3 Å². The Bertz CT molecular complexity index is 364. The van der Waals surface area contributed by atoms with Gasteiger partial charge in [-0.2, -0.15) is 5.10 Å². The van der Waals surface area contributed by atoms with Crippen molar-refractivity contribution in [3.05, 3.63) is 12.3 Å². The molecule has 1 aromatic heterocycles. The lowest BCUT2D eigenvalue weighted by molar-refractivity contribution is -0.0267. The first-order chi connectivity index (χ1) is 8.84. The summed E-state index contributed by atoms with van der Waals surface area (Å²) in [4.78, 5) is 4.61. The van der Waals surface area contributed by atoms with Gasteiger partial charge in [0.1, 0.15) is 5.82 Å². The molecule has 100 valence electrons. The van der Waals surface area contributed by atoms with Gasteiger partial charge < -0.3 is 14.7 Å². The van der Waals surface area contributed by atoms with Crippen molar-refractivity contribution < 1.29 is 9.84 Å². The maximum absolute atomic E-state index is 10.2. The Kier molecular flexibility index (Phi) is 3.49. The fraction of sp³-hybridized carbons (Fsp3) is 0.750. The first-order valence-electron chi connectivity index (χ1n) is 6.59. The van der Waals surface area contributed by atoms with E-state index in [1.54, 1.807) is 6.20 Å². The van der Waals surface area contributed by atoms with Crippen LogP contribution in [-0.2, 0) is 4.74 Å².